The van der Waals surface area contributed by atoms with Gasteiger partial charge in [0.1, 0.15) is 5.82 Å². The molecule has 1 aliphatic rings. The van der Waals surface area contributed by atoms with E-state index in [9.17, 15) is 12.8 Å². The molecule has 0 radical (unpaired) electrons. The topological polar surface area (TPSA) is 46.2 Å². The highest BCUT2D eigenvalue weighted by molar-refractivity contribution is 7.91. The molecular formula is C14H20FNO2S. The van der Waals surface area contributed by atoms with Crippen molar-refractivity contribution in [2.24, 2.45) is 0 Å². The van der Waals surface area contributed by atoms with Crippen LogP contribution in [-0.4, -0.2) is 32.0 Å². The molecule has 1 saturated heterocycles. The fourth-order valence-corrected chi connectivity index (χ4v) is 4.28. The summed E-state index contributed by atoms with van der Waals surface area (Å²) in [6.07, 6.45) is 2.33. The molecule has 0 aliphatic carbocycles. The lowest BCUT2D eigenvalue weighted by Crippen LogP contribution is -2.44. The Hall–Kier alpha value is -0.940. The van der Waals surface area contributed by atoms with Gasteiger partial charge < -0.3 is 5.32 Å². The Balaban J connectivity index is 1.89. The summed E-state index contributed by atoms with van der Waals surface area (Å²) in [6.45, 7) is 2.01. The second-order valence-electron chi connectivity index (χ2n) is 5.36. The van der Waals surface area contributed by atoms with Crippen molar-refractivity contribution in [1.29, 1.82) is 0 Å². The van der Waals surface area contributed by atoms with Crippen molar-refractivity contribution in [3.05, 3.63) is 35.6 Å². The maximum atomic E-state index is 13.1. The molecule has 0 aromatic heterocycles. The summed E-state index contributed by atoms with van der Waals surface area (Å²) in [5.74, 6) is 0.300. The van der Waals surface area contributed by atoms with Crippen molar-refractivity contribution in [3.8, 4) is 0 Å². The van der Waals surface area contributed by atoms with E-state index < -0.39 is 9.84 Å². The number of rotatable bonds is 4. The van der Waals surface area contributed by atoms with Crippen molar-refractivity contribution in [3.63, 3.8) is 0 Å². The maximum absolute atomic E-state index is 13.1. The molecule has 2 rings (SSSR count). The van der Waals surface area contributed by atoms with E-state index in [2.05, 4.69) is 5.32 Å². The Kier molecular flexibility index (Phi) is 4.58. The van der Waals surface area contributed by atoms with Gasteiger partial charge in [-0.2, -0.15) is 0 Å². The molecule has 2 atom stereocenters. The molecule has 1 fully saturated rings. The third-order valence-corrected chi connectivity index (χ3v) is 5.24. The van der Waals surface area contributed by atoms with Gasteiger partial charge in [0.25, 0.3) is 0 Å². The van der Waals surface area contributed by atoms with Crippen LogP contribution in [0.25, 0.3) is 0 Å². The summed E-state index contributed by atoms with van der Waals surface area (Å²) in [5, 5.41) is 3.34. The highest BCUT2D eigenvalue weighted by Crippen LogP contribution is 2.14. The molecule has 2 unspecified atom stereocenters. The number of nitrogens with one attached hydrogen (secondary N) is 1. The monoisotopic (exact) mass is 285 g/mol. The highest BCUT2D eigenvalue weighted by Gasteiger charge is 2.25. The van der Waals surface area contributed by atoms with E-state index in [4.69, 9.17) is 0 Å². The normalized spacial score (nSPS) is 24.0. The molecule has 0 amide bonds. The first-order chi connectivity index (χ1) is 8.94. The smallest absolute Gasteiger partial charge is 0.151 e. The first-order valence-electron chi connectivity index (χ1n) is 6.65. The maximum Gasteiger partial charge on any atom is 0.151 e. The molecule has 1 aromatic carbocycles. The van der Waals surface area contributed by atoms with E-state index in [1.165, 1.54) is 12.1 Å². The fraction of sp³-hybridized carbons (Fsp3) is 0.571. The van der Waals surface area contributed by atoms with E-state index in [0.29, 0.717) is 12.2 Å². The largest absolute Gasteiger partial charge is 0.310 e. The first-order valence-corrected chi connectivity index (χ1v) is 8.48. The molecule has 0 spiro atoms. The quantitative estimate of drug-likeness (QED) is 0.919. The lowest BCUT2D eigenvalue weighted by atomic mass is 10.1. The van der Waals surface area contributed by atoms with Gasteiger partial charge in [0, 0.05) is 12.1 Å². The van der Waals surface area contributed by atoms with Gasteiger partial charge in [0.2, 0.25) is 0 Å². The van der Waals surface area contributed by atoms with Crippen LogP contribution in [0, 0.1) is 5.82 Å². The van der Waals surface area contributed by atoms with Gasteiger partial charge in [0.05, 0.1) is 11.5 Å². The zero-order valence-corrected chi connectivity index (χ0v) is 11.9. The summed E-state index contributed by atoms with van der Waals surface area (Å²) < 4.78 is 36.2. The Bertz CT molecular complexity index is 530. The first kappa shape index (κ1) is 14.5. The van der Waals surface area contributed by atoms with Crippen LogP contribution in [0.1, 0.15) is 25.3 Å². The van der Waals surface area contributed by atoms with Crippen LogP contribution in [0.15, 0.2) is 24.3 Å². The van der Waals surface area contributed by atoms with Crippen LogP contribution in [0.2, 0.25) is 0 Å². The van der Waals surface area contributed by atoms with Crippen LogP contribution in [0.4, 0.5) is 4.39 Å². The summed E-state index contributed by atoms with van der Waals surface area (Å²) >= 11 is 0. The van der Waals surface area contributed by atoms with Crippen LogP contribution < -0.4 is 5.32 Å². The van der Waals surface area contributed by atoms with Gasteiger partial charge in [0.15, 0.2) is 9.84 Å². The van der Waals surface area contributed by atoms with E-state index in [1.807, 2.05) is 13.0 Å². The standard InChI is InChI=1S/C14H20FNO2S/c1-11(8-12-4-2-5-13(15)9-12)16-14-6-3-7-19(17,18)10-14/h2,4-5,9,11,14,16H,3,6-8,10H2,1H3. The lowest BCUT2D eigenvalue weighted by molar-refractivity contribution is 0.428. The Labute approximate surface area is 114 Å². The van der Waals surface area contributed by atoms with Crippen molar-refractivity contribution in [2.75, 3.05) is 11.5 Å². The number of hydrogen-bond acceptors (Lipinski definition) is 3. The van der Waals surface area contributed by atoms with E-state index in [-0.39, 0.29) is 23.7 Å². The predicted octanol–water partition coefficient (Wildman–Crippen LogP) is 1.92. The molecule has 1 aromatic rings. The Morgan fingerprint density at radius 2 is 2.26 bits per heavy atom. The lowest BCUT2D eigenvalue weighted by Gasteiger charge is -2.26. The minimum atomic E-state index is -2.88. The van der Waals surface area contributed by atoms with Crippen molar-refractivity contribution in [1.82, 2.24) is 5.32 Å². The van der Waals surface area contributed by atoms with Crippen LogP contribution >= 0.6 is 0 Å². The van der Waals surface area contributed by atoms with Gasteiger partial charge in [-0.05, 0) is 43.9 Å². The van der Waals surface area contributed by atoms with Gasteiger partial charge in [-0.15, -0.1) is 0 Å². The summed E-state index contributed by atoms with van der Waals surface area (Å²) in [7, 11) is -2.88. The van der Waals surface area contributed by atoms with Gasteiger partial charge in [-0.1, -0.05) is 12.1 Å². The molecule has 1 heterocycles. The summed E-state index contributed by atoms with van der Waals surface area (Å²) in [5.41, 5.74) is 0.929. The third kappa shape index (κ3) is 4.58. The summed E-state index contributed by atoms with van der Waals surface area (Å²) in [4.78, 5) is 0. The van der Waals surface area contributed by atoms with Crippen molar-refractivity contribution in [2.45, 2.75) is 38.3 Å². The average molecular weight is 285 g/mol. The van der Waals surface area contributed by atoms with Gasteiger partial charge >= 0.3 is 0 Å². The third-order valence-electron chi connectivity index (χ3n) is 3.41. The fourth-order valence-electron chi connectivity index (χ4n) is 2.63. The van der Waals surface area contributed by atoms with E-state index in [0.717, 1.165) is 18.4 Å². The SMILES string of the molecule is CC(Cc1cccc(F)c1)NC1CCCS(=O)(=O)C1. The minimum Gasteiger partial charge on any atom is -0.310 e. The molecule has 0 saturated carbocycles. The van der Waals surface area contributed by atoms with E-state index in [1.54, 1.807) is 6.07 Å². The van der Waals surface area contributed by atoms with Gasteiger partial charge in [-0.25, -0.2) is 12.8 Å². The summed E-state index contributed by atoms with van der Waals surface area (Å²) in [6, 6.07) is 6.70. The van der Waals surface area contributed by atoms with Crippen molar-refractivity contribution >= 4 is 9.84 Å². The highest BCUT2D eigenvalue weighted by atomic mass is 32.2. The van der Waals surface area contributed by atoms with Crippen molar-refractivity contribution < 1.29 is 12.8 Å². The van der Waals surface area contributed by atoms with Crippen LogP contribution in [-0.2, 0) is 16.3 Å². The molecule has 19 heavy (non-hydrogen) atoms. The zero-order valence-electron chi connectivity index (χ0n) is 11.1. The number of benzene rings is 1. The Morgan fingerprint density at radius 1 is 1.47 bits per heavy atom. The molecule has 5 heteroatoms. The molecule has 1 N–H and O–H groups in total. The second kappa shape index (κ2) is 6.01. The second-order valence-corrected chi connectivity index (χ2v) is 7.58. The predicted molar refractivity (Wildman–Crippen MR) is 74.4 cm³/mol. The van der Waals surface area contributed by atoms with Crippen LogP contribution in [0.3, 0.4) is 0 Å². The zero-order chi connectivity index (χ0) is 13.9. The molecule has 1 aliphatic heterocycles. The minimum absolute atomic E-state index is 0.0299. The Morgan fingerprint density at radius 3 is 2.95 bits per heavy atom. The van der Waals surface area contributed by atoms with E-state index >= 15 is 0 Å². The van der Waals surface area contributed by atoms with Crippen LogP contribution in [0.5, 0.6) is 0 Å². The average Bonchev–Trinajstić information content (AvgIpc) is 2.27. The molecular weight excluding hydrogens is 265 g/mol. The van der Waals surface area contributed by atoms with Gasteiger partial charge in [-0.3, -0.25) is 0 Å². The number of sulfone groups is 1. The molecule has 3 nitrogen and oxygen atoms in total. The number of halogens is 1. The molecule has 106 valence electrons. The number of hydrogen-bond donors (Lipinski definition) is 1. The molecule has 0 bridgehead atoms.